The van der Waals surface area contributed by atoms with Crippen LogP contribution in [0.4, 0.5) is 11.4 Å². The number of nitrogens with zero attached hydrogens (tertiary/aromatic N) is 3. The molecule has 0 aliphatic heterocycles. The number of carbonyl (C=O) groups excluding carboxylic acids is 1. The molecule has 0 spiro atoms. The quantitative estimate of drug-likeness (QED) is 0.575. The van der Waals surface area contributed by atoms with Gasteiger partial charge in [0.05, 0.1) is 10.6 Å². The third kappa shape index (κ3) is 3.48. The summed E-state index contributed by atoms with van der Waals surface area (Å²) in [6.45, 7) is 1.71. The van der Waals surface area contributed by atoms with Crippen molar-refractivity contribution in [3.63, 3.8) is 0 Å². The van der Waals surface area contributed by atoms with Gasteiger partial charge in [-0.15, -0.1) is 0 Å². The fourth-order valence-electron chi connectivity index (χ4n) is 2.42. The molecule has 3 aromatic rings. The van der Waals surface area contributed by atoms with Crippen molar-refractivity contribution in [1.82, 2.24) is 9.78 Å². The van der Waals surface area contributed by atoms with Gasteiger partial charge in [0.2, 0.25) is 5.43 Å². The molecule has 0 aliphatic carbocycles. The van der Waals surface area contributed by atoms with Gasteiger partial charge in [-0.3, -0.25) is 19.7 Å². The average molecular weight is 350 g/mol. The van der Waals surface area contributed by atoms with Crippen LogP contribution < -0.4 is 10.7 Å². The highest BCUT2D eigenvalue weighted by atomic mass is 16.6. The second-order valence-corrected chi connectivity index (χ2v) is 5.51. The molecule has 3 rings (SSSR count). The normalized spacial score (nSPS) is 10.3. The van der Waals surface area contributed by atoms with Crippen LogP contribution in [-0.2, 0) is 0 Å². The molecule has 0 saturated carbocycles. The van der Waals surface area contributed by atoms with Gasteiger partial charge in [-0.25, -0.2) is 4.68 Å². The molecule has 130 valence electrons. The molecule has 26 heavy (non-hydrogen) atoms. The molecule has 0 aliphatic rings. The van der Waals surface area contributed by atoms with Crippen LogP contribution in [0.2, 0.25) is 0 Å². The van der Waals surface area contributed by atoms with Crippen LogP contribution in [0, 0.1) is 17.0 Å². The number of nitro benzene ring substituents is 1. The van der Waals surface area contributed by atoms with Gasteiger partial charge in [0.25, 0.3) is 11.6 Å². The maximum Gasteiger partial charge on any atom is 0.280 e. The maximum atomic E-state index is 12.5. The molecule has 1 N–H and O–H groups in total. The molecule has 1 heterocycles. The number of rotatable bonds is 4. The topological polar surface area (TPSA) is 107 Å². The van der Waals surface area contributed by atoms with Crippen molar-refractivity contribution in [1.29, 1.82) is 0 Å². The number of nitrogens with one attached hydrogen (secondary N) is 1. The van der Waals surface area contributed by atoms with Crippen LogP contribution in [0.25, 0.3) is 5.69 Å². The van der Waals surface area contributed by atoms with E-state index in [-0.39, 0.29) is 17.1 Å². The zero-order chi connectivity index (χ0) is 18.7. The van der Waals surface area contributed by atoms with Gasteiger partial charge in [0.1, 0.15) is 0 Å². The van der Waals surface area contributed by atoms with Gasteiger partial charge in [-0.05, 0) is 25.1 Å². The number of nitro groups is 1. The SMILES string of the molecule is Cc1cc(=O)c(C(=O)Nc2cccc([N+](=O)[O-])c2)nn1-c1ccccc1. The summed E-state index contributed by atoms with van der Waals surface area (Å²) < 4.78 is 1.49. The molecule has 8 heteroatoms. The molecule has 0 unspecified atom stereocenters. The van der Waals surface area contributed by atoms with Gasteiger partial charge in [0.15, 0.2) is 5.69 Å². The Balaban J connectivity index is 1.96. The van der Waals surface area contributed by atoms with E-state index in [9.17, 15) is 19.7 Å². The average Bonchev–Trinajstić information content (AvgIpc) is 2.62. The lowest BCUT2D eigenvalue weighted by atomic mass is 10.2. The van der Waals surface area contributed by atoms with Crippen molar-refractivity contribution >= 4 is 17.3 Å². The van der Waals surface area contributed by atoms with E-state index in [0.717, 1.165) is 0 Å². The Hall–Kier alpha value is -3.81. The van der Waals surface area contributed by atoms with Crippen LogP contribution in [0.5, 0.6) is 0 Å². The highest BCUT2D eigenvalue weighted by Crippen LogP contribution is 2.17. The van der Waals surface area contributed by atoms with Crippen LogP contribution in [0.15, 0.2) is 65.5 Å². The fraction of sp³-hybridized carbons (Fsp3) is 0.0556. The van der Waals surface area contributed by atoms with Gasteiger partial charge in [-0.2, -0.15) is 5.10 Å². The van der Waals surface area contributed by atoms with E-state index in [4.69, 9.17) is 0 Å². The molecule has 0 fully saturated rings. The summed E-state index contributed by atoms with van der Waals surface area (Å²) in [5, 5.41) is 17.5. The highest BCUT2D eigenvalue weighted by molar-refractivity contribution is 6.02. The second kappa shape index (κ2) is 6.98. The van der Waals surface area contributed by atoms with Crippen LogP contribution in [0.3, 0.4) is 0 Å². The Morgan fingerprint density at radius 3 is 2.54 bits per heavy atom. The summed E-state index contributed by atoms with van der Waals surface area (Å²) >= 11 is 0. The van der Waals surface area contributed by atoms with Gasteiger partial charge < -0.3 is 5.32 Å². The maximum absolute atomic E-state index is 12.5. The van der Waals surface area contributed by atoms with Crippen molar-refractivity contribution in [2.45, 2.75) is 6.92 Å². The molecular formula is C18H14N4O4. The van der Waals surface area contributed by atoms with Gasteiger partial charge in [-0.1, -0.05) is 24.3 Å². The first-order valence-electron chi connectivity index (χ1n) is 7.68. The number of aryl methyl sites for hydroxylation is 1. The van der Waals surface area contributed by atoms with E-state index in [0.29, 0.717) is 11.4 Å². The van der Waals surface area contributed by atoms with E-state index < -0.39 is 16.3 Å². The largest absolute Gasteiger partial charge is 0.320 e. The van der Waals surface area contributed by atoms with Crippen LogP contribution in [-0.4, -0.2) is 20.6 Å². The summed E-state index contributed by atoms with van der Waals surface area (Å²) in [6.07, 6.45) is 0. The predicted molar refractivity (Wildman–Crippen MR) is 95.6 cm³/mol. The lowest BCUT2D eigenvalue weighted by molar-refractivity contribution is -0.384. The summed E-state index contributed by atoms with van der Waals surface area (Å²) in [4.78, 5) is 34.9. The zero-order valence-corrected chi connectivity index (χ0v) is 13.7. The minimum absolute atomic E-state index is 0.165. The molecule has 0 saturated heterocycles. The number of aromatic nitrogens is 2. The highest BCUT2D eigenvalue weighted by Gasteiger charge is 2.16. The van der Waals surface area contributed by atoms with Crippen molar-refractivity contribution in [2.75, 3.05) is 5.32 Å². The minimum Gasteiger partial charge on any atom is -0.320 e. The van der Waals surface area contributed by atoms with Crippen molar-refractivity contribution in [3.05, 3.63) is 92.4 Å². The Bertz CT molecular complexity index is 1040. The molecule has 2 aromatic carbocycles. The minimum atomic E-state index is -0.736. The second-order valence-electron chi connectivity index (χ2n) is 5.51. The predicted octanol–water partition coefficient (Wildman–Crippen LogP) is 2.70. The van der Waals surface area contributed by atoms with E-state index in [1.54, 1.807) is 19.1 Å². The molecule has 8 nitrogen and oxygen atoms in total. The Labute approximate surface area is 147 Å². The molecule has 1 aromatic heterocycles. The van der Waals surface area contributed by atoms with Crippen LogP contribution in [0.1, 0.15) is 16.2 Å². The third-order valence-corrected chi connectivity index (χ3v) is 3.64. The monoisotopic (exact) mass is 350 g/mol. The number of para-hydroxylation sites is 1. The standard InChI is InChI=1S/C18H14N4O4/c1-12-10-16(23)17(20-21(12)14-7-3-2-4-8-14)18(24)19-13-6-5-9-15(11-13)22(25)26/h2-11H,1H3,(H,19,24). The first-order chi connectivity index (χ1) is 12.5. The van der Waals surface area contributed by atoms with E-state index in [1.807, 2.05) is 18.2 Å². The molecular weight excluding hydrogens is 336 g/mol. The summed E-state index contributed by atoms with van der Waals surface area (Å²) in [5.74, 6) is -0.736. The third-order valence-electron chi connectivity index (χ3n) is 3.64. The van der Waals surface area contributed by atoms with Crippen molar-refractivity contribution in [2.24, 2.45) is 0 Å². The summed E-state index contributed by atoms with van der Waals surface area (Å²) in [5.41, 5.74) is 0.490. The Kier molecular flexibility index (Phi) is 4.57. The number of benzene rings is 2. The van der Waals surface area contributed by atoms with Crippen molar-refractivity contribution < 1.29 is 9.72 Å². The molecule has 0 atom stereocenters. The lowest BCUT2D eigenvalue weighted by Crippen LogP contribution is -2.26. The van der Waals surface area contributed by atoms with E-state index >= 15 is 0 Å². The molecule has 0 bridgehead atoms. The number of non-ortho nitro benzene ring substituents is 1. The number of hydrogen-bond acceptors (Lipinski definition) is 5. The summed E-state index contributed by atoms with van der Waals surface area (Å²) in [6, 6.07) is 15.9. The Morgan fingerprint density at radius 2 is 1.85 bits per heavy atom. The first-order valence-corrected chi connectivity index (χ1v) is 7.68. The van der Waals surface area contributed by atoms with Gasteiger partial charge in [0, 0.05) is 29.6 Å². The van der Waals surface area contributed by atoms with Crippen molar-refractivity contribution in [3.8, 4) is 5.69 Å². The molecule has 0 radical (unpaired) electrons. The first kappa shape index (κ1) is 17.0. The number of hydrogen-bond donors (Lipinski definition) is 1. The fourth-order valence-corrected chi connectivity index (χ4v) is 2.42. The number of anilines is 1. The smallest absolute Gasteiger partial charge is 0.280 e. The number of carbonyl (C=O) groups is 1. The van der Waals surface area contributed by atoms with Crippen LogP contribution >= 0.6 is 0 Å². The Morgan fingerprint density at radius 1 is 1.12 bits per heavy atom. The number of amides is 1. The molecule has 1 amide bonds. The van der Waals surface area contributed by atoms with E-state index in [2.05, 4.69) is 10.4 Å². The van der Waals surface area contributed by atoms with Gasteiger partial charge >= 0.3 is 0 Å². The van der Waals surface area contributed by atoms with E-state index in [1.165, 1.54) is 35.0 Å². The zero-order valence-electron chi connectivity index (χ0n) is 13.7. The lowest BCUT2D eigenvalue weighted by Gasteiger charge is -2.11. The summed E-state index contributed by atoms with van der Waals surface area (Å²) in [7, 11) is 0.